The molecule has 1 N–H and O–H groups in total. The Morgan fingerprint density at radius 2 is 1.88 bits per heavy atom. The van der Waals surface area contributed by atoms with Gasteiger partial charge in [0.2, 0.25) is 5.91 Å². The van der Waals surface area contributed by atoms with E-state index in [1.807, 2.05) is 0 Å². The smallest absolute Gasteiger partial charge is 0.217 e. The number of hydrogen-bond donors (Lipinski definition) is 1. The summed E-state index contributed by atoms with van der Waals surface area (Å²) in [6.45, 7) is 5.39. The van der Waals surface area contributed by atoms with Crippen molar-refractivity contribution in [2.75, 3.05) is 19.6 Å². The molecular weight excluding hydrogens is 308 g/mol. The average molecular weight is 341 g/mol. The molecule has 1 aliphatic heterocycles. The molecule has 1 aromatic rings. The van der Waals surface area contributed by atoms with Gasteiger partial charge < -0.3 is 10.2 Å². The summed E-state index contributed by atoms with van der Waals surface area (Å²) < 4.78 is 0. The van der Waals surface area contributed by atoms with Gasteiger partial charge in [-0.25, -0.2) is 0 Å². The van der Waals surface area contributed by atoms with Gasteiger partial charge in [0, 0.05) is 18.9 Å². The lowest BCUT2D eigenvalue weighted by Gasteiger charge is -2.42. The zero-order valence-corrected chi connectivity index (χ0v) is 15.6. The van der Waals surface area contributed by atoms with Gasteiger partial charge in [-0.3, -0.25) is 4.79 Å². The van der Waals surface area contributed by atoms with Crippen LogP contribution >= 0.6 is 0 Å². The van der Waals surface area contributed by atoms with Crippen LogP contribution in [0.3, 0.4) is 0 Å². The van der Waals surface area contributed by atoms with Crippen molar-refractivity contribution in [2.45, 2.75) is 69.7 Å². The van der Waals surface area contributed by atoms with Crippen molar-refractivity contribution in [1.82, 2.24) is 10.2 Å². The molecule has 1 heterocycles. The lowest BCUT2D eigenvalue weighted by atomic mass is 9.73. The minimum absolute atomic E-state index is 0.0894. The van der Waals surface area contributed by atoms with E-state index in [9.17, 15) is 4.79 Å². The fourth-order valence-corrected chi connectivity index (χ4v) is 5.64. The predicted octanol–water partition coefficient (Wildman–Crippen LogP) is 4.18. The van der Waals surface area contributed by atoms with E-state index in [2.05, 4.69) is 34.5 Å². The highest BCUT2D eigenvalue weighted by Crippen LogP contribution is 2.50. The van der Waals surface area contributed by atoms with Crippen molar-refractivity contribution in [2.24, 2.45) is 5.92 Å². The quantitative estimate of drug-likeness (QED) is 0.895. The van der Waals surface area contributed by atoms with Crippen LogP contribution in [0.15, 0.2) is 24.3 Å². The second-order valence-electron chi connectivity index (χ2n) is 8.63. The molecule has 0 radical (unpaired) electrons. The molecule has 136 valence electrons. The molecular formula is C22H32N2O. The first-order chi connectivity index (χ1) is 12.2. The molecule has 2 aliphatic carbocycles. The van der Waals surface area contributed by atoms with Gasteiger partial charge in [0.25, 0.3) is 0 Å². The maximum absolute atomic E-state index is 11.6. The molecule has 0 unspecified atom stereocenters. The molecule has 1 atom stereocenters. The summed E-state index contributed by atoms with van der Waals surface area (Å²) in [6, 6.07) is 9.03. The predicted molar refractivity (Wildman–Crippen MR) is 102 cm³/mol. The fourth-order valence-electron chi connectivity index (χ4n) is 5.64. The minimum atomic E-state index is 0.0894. The van der Waals surface area contributed by atoms with E-state index >= 15 is 0 Å². The molecule has 1 saturated heterocycles. The number of carbonyl (C=O) groups is 1. The van der Waals surface area contributed by atoms with Gasteiger partial charge in [-0.05, 0) is 62.2 Å². The van der Waals surface area contributed by atoms with Gasteiger partial charge >= 0.3 is 0 Å². The van der Waals surface area contributed by atoms with Crippen LogP contribution in [0, 0.1) is 5.92 Å². The number of rotatable bonds is 3. The topological polar surface area (TPSA) is 32.3 Å². The Morgan fingerprint density at radius 1 is 1.16 bits per heavy atom. The van der Waals surface area contributed by atoms with E-state index in [1.54, 1.807) is 6.92 Å². The number of piperidine rings is 1. The molecule has 2 fully saturated rings. The zero-order valence-electron chi connectivity index (χ0n) is 15.6. The minimum Gasteiger partial charge on any atom is -0.349 e. The second-order valence-corrected chi connectivity index (χ2v) is 8.63. The summed E-state index contributed by atoms with van der Waals surface area (Å²) >= 11 is 0. The number of nitrogens with zero attached hydrogens (tertiary/aromatic N) is 1. The monoisotopic (exact) mass is 340 g/mol. The van der Waals surface area contributed by atoms with E-state index in [-0.39, 0.29) is 17.4 Å². The van der Waals surface area contributed by atoms with E-state index in [1.165, 1.54) is 75.7 Å². The summed E-state index contributed by atoms with van der Waals surface area (Å²) in [4.78, 5) is 14.4. The van der Waals surface area contributed by atoms with Crippen LogP contribution in [0.2, 0.25) is 0 Å². The third-order valence-electron chi connectivity index (χ3n) is 6.93. The molecule has 4 rings (SSSR count). The van der Waals surface area contributed by atoms with Gasteiger partial charge in [-0.1, -0.05) is 43.5 Å². The molecule has 0 bridgehead atoms. The van der Waals surface area contributed by atoms with Gasteiger partial charge in [0.1, 0.15) is 0 Å². The number of amides is 1. The van der Waals surface area contributed by atoms with Gasteiger partial charge in [-0.15, -0.1) is 0 Å². The maximum atomic E-state index is 11.6. The molecule has 3 heteroatoms. The molecule has 0 aromatic heterocycles. The third-order valence-corrected chi connectivity index (χ3v) is 6.93. The van der Waals surface area contributed by atoms with E-state index in [4.69, 9.17) is 0 Å². The molecule has 1 spiro atoms. The van der Waals surface area contributed by atoms with Crippen molar-refractivity contribution < 1.29 is 4.79 Å². The van der Waals surface area contributed by atoms with E-state index in [0.29, 0.717) is 0 Å². The highest BCUT2D eigenvalue weighted by Gasteiger charge is 2.45. The molecule has 3 aliphatic rings. The molecule has 1 saturated carbocycles. The number of benzene rings is 1. The molecule has 1 aromatic carbocycles. The Hall–Kier alpha value is -1.35. The highest BCUT2D eigenvalue weighted by molar-refractivity contribution is 5.73. The third kappa shape index (κ3) is 3.48. The molecule has 25 heavy (non-hydrogen) atoms. The summed E-state index contributed by atoms with van der Waals surface area (Å²) in [6.07, 6.45) is 10.8. The first-order valence-corrected chi connectivity index (χ1v) is 10.3. The Morgan fingerprint density at radius 3 is 2.60 bits per heavy atom. The molecule has 1 amide bonds. The average Bonchev–Trinajstić information content (AvgIpc) is 2.91. The Balaban J connectivity index is 1.44. The van der Waals surface area contributed by atoms with Crippen LogP contribution in [-0.4, -0.2) is 30.4 Å². The first-order valence-electron chi connectivity index (χ1n) is 10.3. The van der Waals surface area contributed by atoms with E-state index < -0.39 is 0 Å². The van der Waals surface area contributed by atoms with Crippen LogP contribution in [0.25, 0.3) is 0 Å². The second kappa shape index (κ2) is 7.11. The summed E-state index contributed by atoms with van der Waals surface area (Å²) in [5.41, 5.74) is 3.15. The van der Waals surface area contributed by atoms with Crippen LogP contribution in [0.1, 0.15) is 75.5 Å². The molecule has 3 nitrogen and oxygen atoms in total. The van der Waals surface area contributed by atoms with E-state index in [0.717, 1.165) is 12.3 Å². The van der Waals surface area contributed by atoms with Crippen molar-refractivity contribution in [3.8, 4) is 0 Å². The van der Waals surface area contributed by atoms with Crippen LogP contribution in [0.4, 0.5) is 0 Å². The number of hydrogen-bond acceptors (Lipinski definition) is 2. The van der Waals surface area contributed by atoms with Gasteiger partial charge in [0.05, 0.1) is 6.04 Å². The van der Waals surface area contributed by atoms with Crippen molar-refractivity contribution in [3.05, 3.63) is 35.4 Å². The van der Waals surface area contributed by atoms with Gasteiger partial charge in [0.15, 0.2) is 0 Å². The summed E-state index contributed by atoms with van der Waals surface area (Å²) in [5, 5.41) is 3.19. The SMILES string of the molecule is CC(=O)N[C@H]1CC2(CCN(CC3CCCCC3)CC2)c2ccccc21. The Kier molecular flexibility index (Phi) is 4.86. The van der Waals surface area contributed by atoms with Crippen molar-refractivity contribution in [1.29, 1.82) is 0 Å². The standard InChI is InChI=1S/C22H32N2O/c1-17(25)23-21-15-22(20-10-6-5-9-19(20)21)11-13-24(14-12-22)16-18-7-3-2-4-8-18/h5-6,9-10,18,21H,2-4,7-8,11-16H2,1H3,(H,23,25)/t21-/m0/s1. The van der Waals surface area contributed by atoms with Crippen LogP contribution in [-0.2, 0) is 10.2 Å². The summed E-state index contributed by atoms with van der Waals surface area (Å²) in [7, 11) is 0. The maximum Gasteiger partial charge on any atom is 0.217 e. The Labute approximate surface area is 152 Å². The normalized spacial score (nSPS) is 26.5. The number of fused-ring (bicyclic) bond motifs is 2. The van der Waals surface area contributed by atoms with Crippen molar-refractivity contribution in [3.63, 3.8) is 0 Å². The summed E-state index contributed by atoms with van der Waals surface area (Å²) in [5.74, 6) is 1.03. The lowest BCUT2D eigenvalue weighted by molar-refractivity contribution is -0.119. The van der Waals surface area contributed by atoms with Gasteiger partial charge in [-0.2, -0.15) is 0 Å². The number of nitrogens with one attached hydrogen (secondary N) is 1. The largest absolute Gasteiger partial charge is 0.349 e. The van der Waals surface area contributed by atoms with Crippen LogP contribution < -0.4 is 5.32 Å². The zero-order chi connectivity index (χ0) is 17.3. The lowest BCUT2D eigenvalue weighted by Crippen LogP contribution is -2.44. The highest BCUT2D eigenvalue weighted by atomic mass is 16.1. The number of likely N-dealkylation sites (tertiary alicyclic amines) is 1. The van der Waals surface area contributed by atoms with Crippen LogP contribution in [0.5, 0.6) is 0 Å². The Bertz CT molecular complexity index is 612. The van der Waals surface area contributed by atoms with Crippen molar-refractivity contribution >= 4 is 5.91 Å². The first kappa shape index (κ1) is 17.1. The fraction of sp³-hybridized carbons (Fsp3) is 0.682. The number of carbonyl (C=O) groups excluding carboxylic acids is 1.